The van der Waals surface area contributed by atoms with Crippen LogP contribution in [0.1, 0.15) is 18.4 Å². The van der Waals surface area contributed by atoms with Crippen molar-refractivity contribution in [1.29, 1.82) is 0 Å². The van der Waals surface area contributed by atoms with Crippen LogP contribution in [0.3, 0.4) is 0 Å². The van der Waals surface area contributed by atoms with Gasteiger partial charge >= 0.3 is 0 Å². The van der Waals surface area contributed by atoms with E-state index in [0.717, 1.165) is 48.3 Å². The summed E-state index contributed by atoms with van der Waals surface area (Å²) < 4.78 is 27.7. The van der Waals surface area contributed by atoms with Crippen LogP contribution in [0.5, 0.6) is 0 Å². The lowest BCUT2D eigenvalue weighted by Crippen LogP contribution is -2.39. The molecule has 1 saturated heterocycles. The van der Waals surface area contributed by atoms with Crippen LogP contribution in [0.2, 0.25) is 0 Å². The van der Waals surface area contributed by atoms with Gasteiger partial charge in [-0.25, -0.2) is 23.1 Å². The number of sulfonamides is 1. The van der Waals surface area contributed by atoms with Crippen molar-refractivity contribution in [3.63, 3.8) is 0 Å². The molecule has 7 nitrogen and oxygen atoms in total. The molecule has 2 N–H and O–H groups in total. The minimum absolute atomic E-state index is 0.321. The third-order valence-electron chi connectivity index (χ3n) is 5.14. The van der Waals surface area contributed by atoms with Gasteiger partial charge in [-0.3, -0.25) is 0 Å². The number of piperidine rings is 1. The monoisotopic (exact) mass is 385 g/mol. The standard InChI is InChI=1S/C19H23N5O2S/c1-14-2-4-16(5-3-14)27(25,26)23-12-15-7-10-24(11-8-15)19-17-6-9-20-18(17)21-13-22-19/h2-6,9,13,15,23H,7-8,10-12H2,1H3,(H,20,21,22). The van der Waals surface area contributed by atoms with E-state index in [9.17, 15) is 8.42 Å². The van der Waals surface area contributed by atoms with E-state index in [2.05, 4.69) is 24.6 Å². The zero-order valence-corrected chi connectivity index (χ0v) is 16.0. The number of aromatic amines is 1. The fraction of sp³-hybridized carbons (Fsp3) is 0.368. The first kappa shape index (κ1) is 17.9. The average Bonchev–Trinajstić information content (AvgIpc) is 3.16. The third kappa shape index (κ3) is 3.81. The van der Waals surface area contributed by atoms with Crippen molar-refractivity contribution in [1.82, 2.24) is 19.7 Å². The molecule has 0 saturated carbocycles. The summed E-state index contributed by atoms with van der Waals surface area (Å²) in [7, 11) is -3.45. The smallest absolute Gasteiger partial charge is 0.240 e. The Kier molecular flexibility index (Phi) is 4.84. The van der Waals surface area contributed by atoms with E-state index in [1.54, 1.807) is 18.5 Å². The van der Waals surface area contributed by atoms with Gasteiger partial charge in [0.05, 0.1) is 10.3 Å². The SMILES string of the molecule is Cc1ccc(S(=O)(=O)NCC2CCN(c3ncnc4[nH]ccc34)CC2)cc1. The van der Waals surface area contributed by atoms with E-state index in [1.165, 1.54) is 0 Å². The Morgan fingerprint density at radius 2 is 1.89 bits per heavy atom. The lowest BCUT2D eigenvalue weighted by atomic mass is 9.97. The van der Waals surface area contributed by atoms with Crippen molar-refractivity contribution in [2.24, 2.45) is 5.92 Å². The number of fused-ring (bicyclic) bond motifs is 1. The van der Waals surface area contributed by atoms with Crippen LogP contribution in [0.15, 0.2) is 47.8 Å². The highest BCUT2D eigenvalue weighted by atomic mass is 32.2. The van der Waals surface area contributed by atoms with E-state index in [-0.39, 0.29) is 0 Å². The number of nitrogens with zero attached hydrogens (tertiary/aromatic N) is 3. The van der Waals surface area contributed by atoms with Gasteiger partial charge in [-0.2, -0.15) is 0 Å². The topological polar surface area (TPSA) is 91.0 Å². The van der Waals surface area contributed by atoms with Crippen LogP contribution in [-0.2, 0) is 10.0 Å². The third-order valence-corrected chi connectivity index (χ3v) is 6.58. The van der Waals surface area contributed by atoms with E-state index in [1.807, 2.05) is 31.3 Å². The maximum absolute atomic E-state index is 12.4. The zero-order chi connectivity index (χ0) is 18.9. The first-order valence-corrected chi connectivity index (χ1v) is 10.6. The van der Waals surface area contributed by atoms with Gasteiger partial charge in [-0.1, -0.05) is 17.7 Å². The van der Waals surface area contributed by atoms with Gasteiger partial charge in [0.15, 0.2) is 0 Å². The molecule has 142 valence electrons. The van der Waals surface area contributed by atoms with Gasteiger partial charge in [0, 0.05) is 25.8 Å². The summed E-state index contributed by atoms with van der Waals surface area (Å²) in [6, 6.07) is 8.93. The second kappa shape index (κ2) is 7.28. The molecule has 1 aliphatic heterocycles. The van der Waals surface area contributed by atoms with Crippen LogP contribution < -0.4 is 9.62 Å². The normalized spacial score (nSPS) is 16.1. The van der Waals surface area contributed by atoms with Crippen LogP contribution >= 0.6 is 0 Å². The first-order chi connectivity index (χ1) is 13.0. The number of anilines is 1. The van der Waals surface area contributed by atoms with E-state index in [0.29, 0.717) is 17.4 Å². The summed E-state index contributed by atoms with van der Waals surface area (Å²) >= 11 is 0. The second-order valence-electron chi connectivity index (χ2n) is 7.03. The Morgan fingerprint density at radius 1 is 1.15 bits per heavy atom. The van der Waals surface area contributed by atoms with Gasteiger partial charge in [0.25, 0.3) is 0 Å². The average molecular weight is 385 g/mol. The van der Waals surface area contributed by atoms with Crippen molar-refractivity contribution in [2.45, 2.75) is 24.7 Å². The molecule has 27 heavy (non-hydrogen) atoms. The summed E-state index contributed by atoms with van der Waals surface area (Å²) in [5.41, 5.74) is 1.88. The predicted molar refractivity (Wildman–Crippen MR) is 105 cm³/mol. The molecule has 1 aliphatic rings. The second-order valence-corrected chi connectivity index (χ2v) is 8.80. The molecule has 3 aromatic rings. The molecule has 0 spiro atoms. The van der Waals surface area contributed by atoms with Crippen LogP contribution in [0.25, 0.3) is 11.0 Å². The number of nitrogens with one attached hydrogen (secondary N) is 2. The minimum Gasteiger partial charge on any atom is -0.356 e. The molecule has 2 aromatic heterocycles. The highest BCUT2D eigenvalue weighted by molar-refractivity contribution is 7.89. The summed E-state index contributed by atoms with van der Waals surface area (Å²) in [6.07, 6.45) is 5.30. The van der Waals surface area contributed by atoms with Gasteiger partial charge in [-0.15, -0.1) is 0 Å². The molecule has 0 bridgehead atoms. The predicted octanol–water partition coefficient (Wildman–Crippen LogP) is 2.46. The maximum atomic E-state index is 12.4. The number of hydrogen-bond acceptors (Lipinski definition) is 5. The highest BCUT2D eigenvalue weighted by Crippen LogP contribution is 2.26. The summed E-state index contributed by atoms with van der Waals surface area (Å²) in [6.45, 7) is 4.12. The fourth-order valence-corrected chi connectivity index (χ4v) is 4.60. The van der Waals surface area contributed by atoms with Crippen molar-refractivity contribution in [2.75, 3.05) is 24.5 Å². The van der Waals surface area contributed by atoms with E-state index >= 15 is 0 Å². The number of rotatable bonds is 5. The first-order valence-electron chi connectivity index (χ1n) is 9.12. The van der Waals surface area contributed by atoms with Crippen molar-refractivity contribution < 1.29 is 8.42 Å². The number of H-pyrrole nitrogens is 1. The largest absolute Gasteiger partial charge is 0.356 e. The Labute approximate surface area is 158 Å². The van der Waals surface area contributed by atoms with Crippen LogP contribution in [-0.4, -0.2) is 43.0 Å². The number of aryl methyl sites for hydroxylation is 1. The van der Waals surface area contributed by atoms with Crippen LogP contribution in [0.4, 0.5) is 5.82 Å². The zero-order valence-electron chi connectivity index (χ0n) is 15.2. The molecular weight excluding hydrogens is 362 g/mol. The minimum atomic E-state index is -3.45. The van der Waals surface area contributed by atoms with E-state index < -0.39 is 10.0 Å². The van der Waals surface area contributed by atoms with Crippen molar-refractivity contribution >= 4 is 26.9 Å². The van der Waals surface area contributed by atoms with Gasteiger partial charge in [-0.05, 0) is 43.9 Å². The molecule has 4 rings (SSSR count). The lowest BCUT2D eigenvalue weighted by Gasteiger charge is -2.33. The molecule has 0 amide bonds. The Morgan fingerprint density at radius 3 is 2.63 bits per heavy atom. The molecule has 0 atom stereocenters. The summed E-state index contributed by atoms with van der Waals surface area (Å²) in [5, 5.41) is 1.02. The van der Waals surface area contributed by atoms with E-state index in [4.69, 9.17) is 0 Å². The highest BCUT2D eigenvalue weighted by Gasteiger charge is 2.23. The Balaban J connectivity index is 1.36. The van der Waals surface area contributed by atoms with Gasteiger partial charge in [0.1, 0.15) is 17.8 Å². The molecule has 0 unspecified atom stereocenters. The lowest BCUT2D eigenvalue weighted by molar-refractivity contribution is 0.401. The van der Waals surface area contributed by atoms with Crippen molar-refractivity contribution in [3.8, 4) is 0 Å². The van der Waals surface area contributed by atoms with Crippen molar-refractivity contribution in [3.05, 3.63) is 48.4 Å². The Bertz CT molecular complexity index is 1020. The maximum Gasteiger partial charge on any atom is 0.240 e. The molecule has 0 radical (unpaired) electrons. The number of aromatic nitrogens is 3. The Hall–Kier alpha value is -2.45. The number of benzene rings is 1. The molecular formula is C19H23N5O2S. The molecule has 1 fully saturated rings. The summed E-state index contributed by atoms with van der Waals surface area (Å²) in [4.78, 5) is 14.4. The molecule has 3 heterocycles. The van der Waals surface area contributed by atoms with Crippen LogP contribution in [0, 0.1) is 12.8 Å². The van der Waals surface area contributed by atoms with Gasteiger partial charge in [0.2, 0.25) is 10.0 Å². The quantitative estimate of drug-likeness (QED) is 0.704. The summed E-state index contributed by atoms with van der Waals surface area (Å²) in [5.74, 6) is 1.27. The molecule has 1 aromatic carbocycles. The fourth-order valence-electron chi connectivity index (χ4n) is 3.49. The van der Waals surface area contributed by atoms with Gasteiger partial charge < -0.3 is 9.88 Å². The number of hydrogen-bond donors (Lipinski definition) is 2. The molecule has 8 heteroatoms. The molecule has 0 aliphatic carbocycles.